The molecule has 0 fully saturated rings. The second-order valence-electron chi connectivity index (χ2n) is 6.98. The van der Waals surface area contributed by atoms with E-state index in [0.29, 0.717) is 11.6 Å². The number of aliphatic carboxylic acids is 1. The second kappa shape index (κ2) is 9.60. The zero-order valence-corrected chi connectivity index (χ0v) is 17.6. The minimum Gasteiger partial charge on any atom is -0.491 e. The third kappa shape index (κ3) is 5.60. The molecule has 1 aromatic heterocycles. The predicted molar refractivity (Wildman–Crippen MR) is 114 cm³/mol. The van der Waals surface area contributed by atoms with Crippen LogP contribution in [0.2, 0.25) is 0 Å². The molecule has 0 unspecified atom stereocenters. The number of carbonyl (C=O) groups is 1. The van der Waals surface area contributed by atoms with Gasteiger partial charge in [-0.15, -0.1) is 10.2 Å². The zero-order chi connectivity index (χ0) is 20.8. The highest BCUT2D eigenvalue weighted by atomic mass is 32.2. The van der Waals surface area contributed by atoms with Gasteiger partial charge in [0.25, 0.3) is 0 Å². The van der Waals surface area contributed by atoms with Crippen LogP contribution in [0.15, 0.2) is 59.8 Å². The van der Waals surface area contributed by atoms with Crippen LogP contribution in [0.5, 0.6) is 5.75 Å². The molecule has 0 radical (unpaired) electrons. The van der Waals surface area contributed by atoms with Crippen molar-refractivity contribution in [1.82, 2.24) is 14.8 Å². The van der Waals surface area contributed by atoms with Gasteiger partial charge in [0, 0.05) is 12.1 Å². The van der Waals surface area contributed by atoms with Crippen molar-refractivity contribution in [2.24, 2.45) is 0 Å². The first kappa shape index (κ1) is 20.9. The Hall–Kier alpha value is -2.80. The van der Waals surface area contributed by atoms with Crippen LogP contribution in [0.3, 0.4) is 0 Å². The van der Waals surface area contributed by atoms with Gasteiger partial charge in [0.05, 0.1) is 6.10 Å². The van der Waals surface area contributed by atoms with Gasteiger partial charge < -0.3 is 9.84 Å². The smallest absolute Gasteiger partial charge is 0.316 e. The van der Waals surface area contributed by atoms with Crippen molar-refractivity contribution in [2.75, 3.05) is 0 Å². The molecule has 0 bridgehead atoms. The van der Waals surface area contributed by atoms with Gasteiger partial charge in [-0.1, -0.05) is 42.1 Å². The maximum atomic E-state index is 11.3. The summed E-state index contributed by atoms with van der Waals surface area (Å²) in [6, 6.07) is 17.9. The number of benzene rings is 2. The molecule has 3 rings (SSSR count). The van der Waals surface area contributed by atoms with Crippen molar-refractivity contribution in [1.29, 1.82) is 0 Å². The number of para-hydroxylation sites is 1. The number of aryl methyl sites for hydroxylation is 2. The summed E-state index contributed by atoms with van der Waals surface area (Å²) in [5.74, 6) is 0.791. The van der Waals surface area contributed by atoms with E-state index in [1.54, 1.807) is 6.92 Å². The average Bonchev–Trinajstić information content (AvgIpc) is 3.10. The van der Waals surface area contributed by atoms with Crippen LogP contribution in [0.1, 0.15) is 32.2 Å². The summed E-state index contributed by atoms with van der Waals surface area (Å²) >= 11 is 1.20. The van der Waals surface area contributed by atoms with Crippen LogP contribution >= 0.6 is 11.8 Å². The summed E-state index contributed by atoms with van der Waals surface area (Å²) in [4.78, 5) is 11.3. The van der Waals surface area contributed by atoms with Crippen LogP contribution in [-0.4, -0.2) is 37.2 Å². The van der Waals surface area contributed by atoms with Crippen molar-refractivity contribution in [2.45, 2.75) is 50.1 Å². The Balaban J connectivity index is 1.80. The Labute approximate surface area is 174 Å². The van der Waals surface area contributed by atoms with E-state index in [4.69, 9.17) is 4.74 Å². The Morgan fingerprint density at radius 1 is 1.03 bits per heavy atom. The standard InChI is InChI=1S/C22H25N3O3S/c1-15(2)28-19-12-9-17(10-13-19)11-14-20-23-24-22(29-16(3)21(26)27)25(20)18-7-5-4-6-8-18/h4-10,12-13,15-16H,11,14H2,1-3H3,(H,26,27)/t16-/m1/s1. The number of thioether (sulfide) groups is 1. The zero-order valence-electron chi connectivity index (χ0n) is 16.8. The van der Waals surface area contributed by atoms with Gasteiger partial charge in [-0.25, -0.2) is 0 Å². The molecule has 29 heavy (non-hydrogen) atoms. The number of aromatic nitrogens is 3. The maximum Gasteiger partial charge on any atom is 0.316 e. The van der Waals surface area contributed by atoms with Crippen LogP contribution in [0, 0.1) is 0 Å². The van der Waals surface area contributed by atoms with E-state index < -0.39 is 11.2 Å². The Bertz CT molecular complexity index is 940. The molecule has 1 heterocycles. The highest BCUT2D eigenvalue weighted by Gasteiger charge is 2.20. The van der Waals surface area contributed by atoms with Gasteiger partial charge in [-0.05, 0) is 57.0 Å². The summed E-state index contributed by atoms with van der Waals surface area (Å²) < 4.78 is 7.64. The molecular formula is C22H25N3O3S. The highest BCUT2D eigenvalue weighted by molar-refractivity contribution is 8.00. The number of carboxylic acid groups (broad SMARTS) is 1. The topological polar surface area (TPSA) is 77.2 Å². The molecule has 0 saturated carbocycles. The van der Waals surface area contributed by atoms with E-state index in [-0.39, 0.29) is 6.10 Å². The van der Waals surface area contributed by atoms with Crippen LogP contribution < -0.4 is 4.74 Å². The molecule has 0 saturated heterocycles. The number of hydrogen-bond acceptors (Lipinski definition) is 5. The first-order valence-electron chi connectivity index (χ1n) is 9.59. The van der Waals surface area contributed by atoms with Crippen molar-refractivity contribution in [3.8, 4) is 11.4 Å². The minimum absolute atomic E-state index is 0.148. The molecule has 1 atom stereocenters. The Morgan fingerprint density at radius 2 is 1.72 bits per heavy atom. The van der Waals surface area contributed by atoms with Crippen molar-refractivity contribution in [3.05, 3.63) is 66.0 Å². The third-order valence-corrected chi connectivity index (χ3v) is 5.31. The molecule has 6 nitrogen and oxygen atoms in total. The first-order chi connectivity index (χ1) is 13.9. The third-order valence-electron chi connectivity index (χ3n) is 4.28. The fourth-order valence-corrected chi connectivity index (χ4v) is 3.67. The van der Waals surface area contributed by atoms with Crippen molar-refractivity contribution < 1.29 is 14.6 Å². The summed E-state index contributed by atoms with van der Waals surface area (Å²) in [7, 11) is 0. The molecule has 0 aliphatic heterocycles. The van der Waals surface area contributed by atoms with Gasteiger partial charge in [0.2, 0.25) is 0 Å². The van der Waals surface area contributed by atoms with Crippen molar-refractivity contribution >= 4 is 17.7 Å². The highest BCUT2D eigenvalue weighted by Crippen LogP contribution is 2.26. The quantitative estimate of drug-likeness (QED) is 0.526. The summed E-state index contributed by atoms with van der Waals surface area (Å²) in [5, 5.41) is 17.8. The van der Waals surface area contributed by atoms with E-state index in [1.165, 1.54) is 17.3 Å². The molecular weight excluding hydrogens is 386 g/mol. The lowest BCUT2D eigenvalue weighted by Gasteiger charge is -2.12. The lowest BCUT2D eigenvalue weighted by molar-refractivity contribution is -0.136. The van der Waals surface area contributed by atoms with Gasteiger partial charge in [-0.3, -0.25) is 9.36 Å². The normalized spacial score (nSPS) is 12.1. The number of hydrogen-bond donors (Lipinski definition) is 1. The van der Waals surface area contributed by atoms with E-state index in [9.17, 15) is 9.90 Å². The van der Waals surface area contributed by atoms with Gasteiger partial charge >= 0.3 is 5.97 Å². The monoisotopic (exact) mass is 411 g/mol. The molecule has 1 N–H and O–H groups in total. The van der Waals surface area contributed by atoms with E-state index in [1.807, 2.05) is 60.9 Å². The maximum absolute atomic E-state index is 11.3. The molecule has 0 amide bonds. The van der Waals surface area contributed by atoms with Gasteiger partial charge in [0.1, 0.15) is 16.8 Å². The molecule has 2 aromatic carbocycles. The fourth-order valence-electron chi connectivity index (χ4n) is 2.85. The molecule has 3 aromatic rings. The minimum atomic E-state index is -0.872. The van der Waals surface area contributed by atoms with Crippen LogP contribution in [0.25, 0.3) is 5.69 Å². The molecule has 0 spiro atoms. The Morgan fingerprint density at radius 3 is 2.34 bits per heavy atom. The largest absolute Gasteiger partial charge is 0.491 e. The number of rotatable bonds is 9. The summed E-state index contributed by atoms with van der Waals surface area (Å²) in [6.07, 6.45) is 1.63. The summed E-state index contributed by atoms with van der Waals surface area (Å²) in [5.41, 5.74) is 2.10. The molecule has 0 aliphatic carbocycles. The van der Waals surface area contributed by atoms with E-state index in [2.05, 4.69) is 22.3 Å². The summed E-state index contributed by atoms with van der Waals surface area (Å²) in [6.45, 7) is 5.66. The van der Waals surface area contributed by atoms with E-state index in [0.717, 1.165) is 23.7 Å². The molecule has 7 heteroatoms. The molecule has 152 valence electrons. The second-order valence-corrected chi connectivity index (χ2v) is 8.29. The SMILES string of the molecule is CC(C)Oc1ccc(CCc2nnc(S[C@H](C)C(=O)O)n2-c2ccccc2)cc1. The van der Waals surface area contributed by atoms with Gasteiger partial charge in [0.15, 0.2) is 5.16 Å². The Kier molecular flexibility index (Phi) is 6.93. The average molecular weight is 412 g/mol. The molecule has 0 aliphatic rings. The number of ether oxygens (including phenoxy) is 1. The predicted octanol–water partition coefficient (Wildman–Crippen LogP) is 4.40. The fraction of sp³-hybridized carbons (Fsp3) is 0.318. The van der Waals surface area contributed by atoms with E-state index >= 15 is 0 Å². The number of nitrogens with zero attached hydrogens (tertiary/aromatic N) is 3. The number of carboxylic acids is 1. The van der Waals surface area contributed by atoms with Crippen molar-refractivity contribution in [3.63, 3.8) is 0 Å². The lowest BCUT2D eigenvalue weighted by atomic mass is 10.1. The lowest BCUT2D eigenvalue weighted by Crippen LogP contribution is -2.13. The van der Waals surface area contributed by atoms with Crippen LogP contribution in [0.4, 0.5) is 0 Å². The van der Waals surface area contributed by atoms with Crippen LogP contribution in [-0.2, 0) is 17.6 Å². The van der Waals surface area contributed by atoms with Gasteiger partial charge in [-0.2, -0.15) is 0 Å². The first-order valence-corrected chi connectivity index (χ1v) is 10.5.